The molecule has 1 unspecified atom stereocenters. The summed E-state index contributed by atoms with van der Waals surface area (Å²) in [6, 6.07) is 6.89. The number of aryl methyl sites for hydroxylation is 2. The van der Waals surface area contributed by atoms with Crippen molar-refractivity contribution in [2.75, 3.05) is 32.7 Å². The zero-order chi connectivity index (χ0) is 17.8. The minimum atomic E-state index is -0.0525. The molecule has 0 saturated carbocycles. The van der Waals surface area contributed by atoms with Gasteiger partial charge in [-0.2, -0.15) is 0 Å². The fraction of sp³-hybridized carbons (Fsp3) is 0.600. The Kier molecular flexibility index (Phi) is 5.74. The van der Waals surface area contributed by atoms with E-state index in [0.717, 1.165) is 45.3 Å². The molecule has 1 atom stereocenters. The molecule has 2 fully saturated rings. The van der Waals surface area contributed by atoms with Gasteiger partial charge in [0.15, 0.2) is 0 Å². The summed E-state index contributed by atoms with van der Waals surface area (Å²) >= 11 is 0. The van der Waals surface area contributed by atoms with Crippen LogP contribution in [0.4, 0.5) is 0 Å². The van der Waals surface area contributed by atoms with Gasteiger partial charge in [0.25, 0.3) is 0 Å². The van der Waals surface area contributed by atoms with Crippen molar-refractivity contribution in [1.82, 2.24) is 15.1 Å². The average molecular weight is 343 g/mol. The Bertz CT molecular complexity index is 638. The zero-order valence-electron chi connectivity index (χ0n) is 15.4. The number of hydrogen-bond acceptors (Lipinski definition) is 3. The van der Waals surface area contributed by atoms with Gasteiger partial charge in [0.1, 0.15) is 0 Å². The highest BCUT2D eigenvalue weighted by Crippen LogP contribution is 2.32. The minimum Gasteiger partial charge on any atom is -0.346 e. The van der Waals surface area contributed by atoms with Crippen molar-refractivity contribution in [2.45, 2.75) is 45.6 Å². The van der Waals surface area contributed by atoms with E-state index in [0.29, 0.717) is 12.6 Å². The largest absolute Gasteiger partial charge is 0.346 e. The monoisotopic (exact) mass is 343 g/mol. The molecule has 1 N–H and O–H groups in total. The predicted octanol–water partition coefficient (Wildman–Crippen LogP) is 2.18. The number of carbonyl (C=O) groups excluding carboxylic acids is 2. The molecule has 2 saturated heterocycles. The Morgan fingerprint density at radius 3 is 2.56 bits per heavy atom. The zero-order valence-corrected chi connectivity index (χ0v) is 15.4. The van der Waals surface area contributed by atoms with Crippen molar-refractivity contribution in [3.63, 3.8) is 0 Å². The number of nitrogens with zero attached hydrogens (tertiary/aromatic N) is 2. The Labute approximate surface area is 150 Å². The van der Waals surface area contributed by atoms with Crippen LogP contribution in [0.1, 0.15) is 48.4 Å². The lowest BCUT2D eigenvalue weighted by atomic mass is 9.99. The molecular weight excluding hydrogens is 314 g/mol. The van der Waals surface area contributed by atoms with Crippen molar-refractivity contribution < 1.29 is 9.59 Å². The van der Waals surface area contributed by atoms with Gasteiger partial charge >= 0.3 is 0 Å². The van der Waals surface area contributed by atoms with Crippen LogP contribution in [0.2, 0.25) is 0 Å². The summed E-state index contributed by atoms with van der Waals surface area (Å²) in [6.45, 7) is 7.34. The van der Waals surface area contributed by atoms with E-state index in [1.165, 1.54) is 16.7 Å². The Balaban J connectivity index is 1.52. The molecule has 3 rings (SSSR count). The van der Waals surface area contributed by atoms with Crippen LogP contribution in [0.5, 0.6) is 0 Å². The number of benzene rings is 1. The topological polar surface area (TPSA) is 52.7 Å². The standard InChI is InChI=1S/C20H29N3O2/c1-15-7-8-17(12-16(15)2)18-6-5-11-23(18)14-19(24)21-13-20(25)22-9-3-4-10-22/h7-8,12,18H,3-6,9-11,13-14H2,1-2H3,(H,21,24). The van der Waals surface area contributed by atoms with Gasteiger partial charge in [-0.1, -0.05) is 18.2 Å². The molecular formula is C20H29N3O2. The smallest absolute Gasteiger partial charge is 0.241 e. The summed E-state index contributed by atoms with van der Waals surface area (Å²) in [7, 11) is 0. The van der Waals surface area contributed by atoms with Crippen LogP contribution in [0, 0.1) is 13.8 Å². The van der Waals surface area contributed by atoms with E-state index >= 15 is 0 Å². The molecule has 0 aliphatic carbocycles. The summed E-state index contributed by atoms with van der Waals surface area (Å²) in [5, 5.41) is 2.81. The third kappa shape index (κ3) is 4.40. The Morgan fingerprint density at radius 1 is 1.08 bits per heavy atom. The number of rotatable bonds is 5. The Hall–Kier alpha value is -1.88. The summed E-state index contributed by atoms with van der Waals surface area (Å²) in [6.07, 6.45) is 4.34. The second-order valence-corrected chi connectivity index (χ2v) is 7.34. The third-order valence-electron chi connectivity index (χ3n) is 5.52. The van der Waals surface area contributed by atoms with Gasteiger partial charge in [-0.15, -0.1) is 0 Å². The maximum Gasteiger partial charge on any atom is 0.241 e. The highest BCUT2D eigenvalue weighted by molar-refractivity contribution is 5.85. The first kappa shape index (κ1) is 17.9. The molecule has 0 aromatic heterocycles. The van der Waals surface area contributed by atoms with Gasteiger partial charge in [0, 0.05) is 19.1 Å². The molecule has 0 spiro atoms. The van der Waals surface area contributed by atoms with Crippen LogP contribution >= 0.6 is 0 Å². The third-order valence-corrected chi connectivity index (χ3v) is 5.52. The van der Waals surface area contributed by atoms with E-state index in [1.54, 1.807) is 0 Å². The second kappa shape index (κ2) is 8.00. The first-order valence-electron chi connectivity index (χ1n) is 9.40. The van der Waals surface area contributed by atoms with Gasteiger partial charge in [-0.25, -0.2) is 0 Å². The van der Waals surface area contributed by atoms with Crippen molar-refractivity contribution in [1.29, 1.82) is 0 Å². The van der Waals surface area contributed by atoms with Crippen LogP contribution in [0.15, 0.2) is 18.2 Å². The van der Waals surface area contributed by atoms with E-state index in [2.05, 4.69) is 42.3 Å². The van der Waals surface area contributed by atoms with Crippen molar-refractivity contribution >= 4 is 11.8 Å². The van der Waals surface area contributed by atoms with Crippen molar-refractivity contribution in [2.24, 2.45) is 0 Å². The fourth-order valence-corrected chi connectivity index (χ4v) is 3.86. The molecule has 136 valence electrons. The lowest BCUT2D eigenvalue weighted by Gasteiger charge is -2.25. The fourth-order valence-electron chi connectivity index (χ4n) is 3.86. The first-order chi connectivity index (χ1) is 12.0. The van der Waals surface area contributed by atoms with E-state index in [4.69, 9.17) is 0 Å². The lowest BCUT2D eigenvalue weighted by molar-refractivity contribution is -0.132. The van der Waals surface area contributed by atoms with E-state index in [-0.39, 0.29) is 18.4 Å². The molecule has 5 nitrogen and oxygen atoms in total. The number of carbonyl (C=O) groups is 2. The van der Waals surface area contributed by atoms with Gasteiger partial charge < -0.3 is 10.2 Å². The molecule has 2 heterocycles. The van der Waals surface area contributed by atoms with Crippen LogP contribution in [0.25, 0.3) is 0 Å². The highest BCUT2D eigenvalue weighted by atomic mass is 16.2. The number of amides is 2. The van der Waals surface area contributed by atoms with Crippen molar-refractivity contribution in [3.05, 3.63) is 34.9 Å². The average Bonchev–Trinajstić information content (AvgIpc) is 3.27. The molecule has 2 amide bonds. The number of hydrogen-bond donors (Lipinski definition) is 1. The molecule has 1 aromatic carbocycles. The van der Waals surface area contributed by atoms with Gasteiger partial charge in [0.05, 0.1) is 13.1 Å². The normalized spacial score (nSPS) is 20.9. The first-order valence-corrected chi connectivity index (χ1v) is 9.40. The van der Waals surface area contributed by atoms with Gasteiger partial charge in [-0.3, -0.25) is 14.5 Å². The lowest BCUT2D eigenvalue weighted by Crippen LogP contribution is -2.42. The van der Waals surface area contributed by atoms with E-state index in [1.807, 2.05) is 4.90 Å². The molecule has 0 radical (unpaired) electrons. The van der Waals surface area contributed by atoms with Crippen LogP contribution < -0.4 is 5.32 Å². The summed E-state index contributed by atoms with van der Waals surface area (Å²) in [5.74, 6) is -0.0127. The van der Waals surface area contributed by atoms with Crippen molar-refractivity contribution in [3.8, 4) is 0 Å². The highest BCUT2D eigenvalue weighted by Gasteiger charge is 2.28. The van der Waals surface area contributed by atoms with Crippen LogP contribution in [-0.2, 0) is 9.59 Å². The molecule has 2 aliphatic rings. The number of likely N-dealkylation sites (tertiary alicyclic amines) is 2. The molecule has 5 heteroatoms. The number of nitrogens with one attached hydrogen (secondary N) is 1. The Morgan fingerprint density at radius 2 is 1.84 bits per heavy atom. The molecule has 1 aromatic rings. The predicted molar refractivity (Wildman–Crippen MR) is 98.3 cm³/mol. The van der Waals surface area contributed by atoms with Crippen LogP contribution in [0.3, 0.4) is 0 Å². The second-order valence-electron chi connectivity index (χ2n) is 7.34. The summed E-state index contributed by atoms with van der Waals surface area (Å²) < 4.78 is 0. The summed E-state index contributed by atoms with van der Waals surface area (Å²) in [4.78, 5) is 28.4. The SMILES string of the molecule is Cc1ccc(C2CCCN2CC(=O)NCC(=O)N2CCCC2)cc1C. The molecule has 2 aliphatic heterocycles. The van der Waals surface area contributed by atoms with Gasteiger partial charge in [-0.05, 0) is 62.8 Å². The molecule has 25 heavy (non-hydrogen) atoms. The van der Waals surface area contributed by atoms with Crippen LogP contribution in [-0.4, -0.2) is 54.3 Å². The quantitative estimate of drug-likeness (QED) is 0.891. The molecule has 0 bridgehead atoms. The van der Waals surface area contributed by atoms with Gasteiger partial charge in [0.2, 0.25) is 11.8 Å². The maximum absolute atomic E-state index is 12.3. The van der Waals surface area contributed by atoms with E-state index < -0.39 is 0 Å². The van der Waals surface area contributed by atoms with E-state index in [9.17, 15) is 9.59 Å². The summed E-state index contributed by atoms with van der Waals surface area (Å²) in [5.41, 5.74) is 3.89. The maximum atomic E-state index is 12.3. The minimum absolute atomic E-state index is 0.0398.